The van der Waals surface area contributed by atoms with E-state index in [1.807, 2.05) is 0 Å². The lowest BCUT2D eigenvalue weighted by Gasteiger charge is -2.27. The predicted octanol–water partition coefficient (Wildman–Crippen LogP) is 3.68. The van der Waals surface area contributed by atoms with Gasteiger partial charge in [-0.15, -0.1) is 0 Å². The van der Waals surface area contributed by atoms with Crippen molar-refractivity contribution in [2.75, 3.05) is 4.90 Å². The van der Waals surface area contributed by atoms with Crippen LogP contribution in [0.15, 0.2) is 0 Å². The van der Waals surface area contributed by atoms with Crippen LogP contribution in [-0.2, 0) is 6.42 Å². The Morgan fingerprint density at radius 2 is 2.22 bits per heavy atom. The van der Waals surface area contributed by atoms with E-state index in [0.29, 0.717) is 12.1 Å². The quantitative estimate of drug-likeness (QED) is 0.762. The molecule has 0 spiro atoms. The molecule has 1 aromatic heterocycles. The Hall–Kier alpha value is -0.900. The molecule has 0 aromatic carbocycles. The highest BCUT2D eigenvalue weighted by molar-refractivity contribution is 7.17. The number of carbonyl (C=O) groups is 1. The first-order chi connectivity index (χ1) is 8.71. The predicted molar refractivity (Wildman–Crippen MR) is 76.8 cm³/mol. The maximum Gasteiger partial charge on any atom is 0.186 e. The first kappa shape index (κ1) is 13.5. The van der Waals surface area contributed by atoms with Gasteiger partial charge in [0.15, 0.2) is 11.4 Å². The van der Waals surface area contributed by atoms with E-state index in [9.17, 15) is 4.79 Å². The number of aryl methyl sites for hydroxylation is 1. The van der Waals surface area contributed by atoms with Crippen molar-refractivity contribution >= 4 is 22.8 Å². The number of nitrogens with zero attached hydrogens (tertiary/aromatic N) is 2. The van der Waals surface area contributed by atoms with Crippen LogP contribution in [0.5, 0.6) is 0 Å². The number of rotatable bonds is 5. The summed E-state index contributed by atoms with van der Waals surface area (Å²) in [6.07, 6.45) is 6.55. The highest BCUT2D eigenvalue weighted by Crippen LogP contribution is 2.35. The van der Waals surface area contributed by atoms with E-state index in [-0.39, 0.29) is 0 Å². The lowest BCUT2D eigenvalue weighted by atomic mass is 10.2. The summed E-state index contributed by atoms with van der Waals surface area (Å²) in [5.74, 6) is 0. The fourth-order valence-electron chi connectivity index (χ4n) is 2.79. The molecular formula is C14H22N2OS. The third-order valence-corrected chi connectivity index (χ3v) is 4.82. The number of hydrogen-bond acceptors (Lipinski definition) is 4. The smallest absolute Gasteiger partial charge is 0.186 e. The number of anilines is 1. The zero-order chi connectivity index (χ0) is 13.1. The first-order valence-corrected chi connectivity index (χ1v) is 7.76. The molecule has 2 heterocycles. The summed E-state index contributed by atoms with van der Waals surface area (Å²) in [6, 6.07) is 1.15. The van der Waals surface area contributed by atoms with Crippen molar-refractivity contribution in [2.24, 2.45) is 0 Å². The molecule has 1 fully saturated rings. The van der Waals surface area contributed by atoms with E-state index in [0.717, 1.165) is 41.3 Å². The first-order valence-electron chi connectivity index (χ1n) is 6.94. The standard InChI is InChI=1S/C14H22N2OS/c1-4-6-12-13(9-17)18-14(15-12)16-10(3)7-8-11(16)5-2/h9-11H,4-8H2,1-3H3. The lowest BCUT2D eigenvalue weighted by Crippen LogP contribution is -2.33. The van der Waals surface area contributed by atoms with Crippen molar-refractivity contribution < 1.29 is 4.79 Å². The van der Waals surface area contributed by atoms with E-state index in [1.54, 1.807) is 11.3 Å². The monoisotopic (exact) mass is 266 g/mol. The zero-order valence-corrected chi connectivity index (χ0v) is 12.3. The highest BCUT2D eigenvalue weighted by Gasteiger charge is 2.31. The number of carbonyl (C=O) groups excluding carboxylic acids is 1. The second kappa shape index (κ2) is 5.83. The maximum absolute atomic E-state index is 11.1. The molecule has 2 unspecified atom stereocenters. The van der Waals surface area contributed by atoms with Gasteiger partial charge in [-0.1, -0.05) is 31.6 Å². The summed E-state index contributed by atoms with van der Waals surface area (Å²) in [6.45, 7) is 6.62. The lowest BCUT2D eigenvalue weighted by molar-refractivity contribution is 0.112. The van der Waals surface area contributed by atoms with Gasteiger partial charge in [-0.25, -0.2) is 4.98 Å². The summed E-state index contributed by atoms with van der Waals surface area (Å²) >= 11 is 1.57. The van der Waals surface area contributed by atoms with Crippen LogP contribution in [0.2, 0.25) is 0 Å². The summed E-state index contributed by atoms with van der Waals surface area (Å²) in [5, 5.41) is 1.05. The molecule has 2 atom stereocenters. The average molecular weight is 266 g/mol. The fourth-order valence-corrected chi connectivity index (χ4v) is 3.89. The van der Waals surface area contributed by atoms with Crippen LogP contribution in [0.1, 0.15) is 61.8 Å². The van der Waals surface area contributed by atoms with Gasteiger partial charge < -0.3 is 4.90 Å². The molecule has 2 rings (SSSR count). The Balaban J connectivity index is 2.29. The molecule has 0 radical (unpaired) electrons. The average Bonchev–Trinajstić information content (AvgIpc) is 2.92. The fraction of sp³-hybridized carbons (Fsp3) is 0.714. The van der Waals surface area contributed by atoms with Crippen LogP contribution in [0.3, 0.4) is 0 Å². The Bertz CT molecular complexity index is 416. The summed E-state index contributed by atoms with van der Waals surface area (Å²) in [5.41, 5.74) is 0.987. The molecule has 1 saturated heterocycles. The molecule has 0 bridgehead atoms. The minimum atomic E-state index is 0.551. The Labute approximate surface area is 113 Å². The minimum absolute atomic E-state index is 0.551. The SMILES string of the molecule is CCCc1nc(N2C(C)CCC2CC)sc1C=O. The summed E-state index contributed by atoms with van der Waals surface area (Å²) < 4.78 is 0. The van der Waals surface area contributed by atoms with Gasteiger partial charge in [-0.2, -0.15) is 0 Å². The van der Waals surface area contributed by atoms with Crippen LogP contribution >= 0.6 is 11.3 Å². The molecule has 0 aliphatic carbocycles. The van der Waals surface area contributed by atoms with Crippen molar-refractivity contribution in [3.05, 3.63) is 10.6 Å². The molecule has 18 heavy (non-hydrogen) atoms. The van der Waals surface area contributed by atoms with Crippen molar-refractivity contribution in [1.29, 1.82) is 0 Å². The molecule has 1 aromatic rings. The maximum atomic E-state index is 11.1. The topological polar surface area (TPSA) is 33.2 Å². The Morgan fingerprint density at radius 3 is 2.83 bits per heavy atom. The van der Waals surface area contributed by atoms with E-state index in [4.69, 9.17) is 4.98 Å². The largest absolute Gasteiger partial charge is 0.342 e. The van der Waals surface area contributed by atoms with E-state index in [2.05, 4.69) is 25.7 Å². The highest BCUT2D eigenvalue weighted by atomic mass is 32.1. The van der Waals surface area contributed by atoms with Gasteiger partial charge in [0, 0.05) is 12.1 Å². The molecule has 100 valence electrons. The number of hydrogen-bond donors (Lipinski definition) is 0. The molecule has 0 amide bonds. The van der Waals surface area contributed by atoms with Crippen LogP contribution < -0.4 is 4.90 Å². The molecule has 1 aliphatic rings. The van der Waals surface area contributed by atoms with Gasteiger partial charge >= 0.3 is 0 Å². The second-order valence-electron chi connectivity index (χ2n) is 5.07. The molecule has 1 aliphatic heterocycles. The third kappa shape index (κ3) is 2.44. The molecular weight excluding hydrogens is 244 g/mol. The van der Waals surface area contributed by atoms with Crippen LogP contribution in [0.4, 0.5) is 5.13 Å². The summed E-state index contributed by atoms with van der Waals surface area (Å²) in [7, 11) is 0. The van der Waals surface area contributed by atoms with E-state index < -0.39 is 0 Å². The third-order valence-electron chi connectivity index (χ3n) is 3.79. The van der Waals surface area contributed by atoms with Crippen LogP contribution in [0, 0.1) is 0 Å². The summed E-state index contributed by atoms with van der Waals surface area (Å²) in [4.78, 5) is 19.1. The van der Waals surface area contributed by atoms with Gasteiger partial charge in [-0.3, -0.25) is 4.79 Å². The van der Waals surface area contributed by atoms with Gasteiger partial charge in [0.2, 0.25) is 0 Å². The molecule has 0 N–H and O–H groups in total. The number of aromatic nitrogens is 1. The molecule has 3 nitrogen and oxygen atoms in total. The minimum Gasteiger partial charge on any atom is -0.342 e. The molecule has 4 heteroatoms. The van der Waals surface area contributed by atoms with Gasteiger partial charge in [-0.05, 0) is 32.6 Å². The Morgan fingerprint density at radius 1 is 1.44 bits per heavy atom. The zero-order valence-electron chi connectivity index (χ0n) is 11.5. The van der Waals surface area contributed by atoms with Gasteiger partial charge in [0.25, 0.3) is 0 Å². The van der Waals surface area contributed by atoms with Gasteiger partial charge in [0.05, 0.1) is 10.6 Å². The number of thiazole rings is 1. The van der Waals surface area contributed by atoms with Crippen molar-refractivity contribution in [2.45, 2.75) is 65.0 Å². The van der Waals surface area contributed by atoms with Crippen LogP contribution in [-0.4, -0.2) is 23.4 Å². The number of aldehydes is 1. The molecule has 0 saturated carbocycles. The van der Waals surface area contributed by atoms with Crippen molar-refractivity contribution in [1.82, 2.24) is 4.98 Å². The Kier molecular flexibility index (Phi) is 4.38. The normalized spacial score (nSPS) is 23.6. The van der Waals surface area contributed by atoms with E-state index in [1.165, 1.54) is 12.8 Å². The van der Waals surface area contributed by atoms with Gasteiger partial charge in [0.1, 0.15) is 0 Å². The van der Waals surface area contributed by atoms with E-state index >= 15 is 0 Å². The second-order valence-corrected chi connectivity index (χ2v) is 6.08. The van der Waals surface area contributed by atoms with Crippen LogP contribution in [0.25, 0.3) is 0 Å². The van der Waals surface area contributed by atoms with Crippen molar-refractivity contribution in [3.63, 3.8) is 0 Å². The van der Waals surface area contributed by atoms with Crippen molar-refractivity contribution in [3.8, 4) is 0 Å².